The molecule has 0 fully saturated rings. The Morgan fingerprint density at radius 2 is 1.60 bits per heavy atom. The summed E-state index contributed by atoms with van der Waals surface area (Å²) in [6, 6.07) is 7.70. The monoisotopic (exact) mass is 345 g/mol. The third-order valence-corrected chi connectivity index (χ3v) is 5.02. The van der Waals surface area contributed by atoms with Crippen molar-refractivity contribution in [2.45, 2.75) is 12.8 Å². The number of aryl methyl sites for hydroxylation is 1. The van der Waals surface area contributed by atoms with Crippen LogP contribution in [0.2, 0.25) is 20.1 Å². The first-order valence-corrected chi connectivity index (χ1v) is 7.79. The topological polar surface area (TPSA) is 12.0 Å². The number of rotatable bonds is 1. The molecule has 1 nitrogen and oxygen atoms in total. The number of hydrogen-bond acceptors (Lipinski definition) is 1. The summed E-state index contributed by atoms with van der Waals surface area (Å²) in [5.41, 5.74) is 4.06. The Kier molecular flexibility index (Phi) is 4.05. The van der Waals surface area contributed by atoms with Crippen LogP contribution in [-0.2, 0) is 6.42 Å². The fourth-order valence-electron chi connectivity index (χ4n) is 2.46. The first kappa shape index (κ1) is 14.3. The van der Waals surface area contributed by atoms with E-state index in [1.165, 1.54) is 11.3 Å². The summed E-state index contributed by atoms with van der Waals surface area (Å²) in [6.07, 6.45) is 2.16. The predicted molar refractivity (Wildman–Crippen MR) is 88.7 cm³/mol. The molecule has 5 heteroatoms. The molecule has 1 heterocycles. The fourth-order valence-corrected chi connectivity index (χ4v) is 3.48. The molecule has 0 amide bonds. The molecule has 0 unspecified atom stereocenters. The van der Waals surface area contributed by atoms with Gasteiger partial charge in [0.15, 0.2) is 0 Å². The minimum Gasteiger partial charge on any atom is -0.385 e. The molecule has 104 valence electrons. The maximum Gasteiger partial charge on any atom is 0.0686 e. The molecule has 0 bridgehead atoms. The zero-order valence-corrected chi connectivity index (χ0v) is 13.5. The quantitative estimate of drug-likeness (QED) is 0.595. The van der Waals surface area contributed by atoms with Gasteiger partial charge in [0.1, 0.15) is 0 Å². The van der Waals surface area contributed by atoms with Crippen molar-refractivity contribution < 1.29 is 0 Å². The van der Waals surface area contributed by atoms with Gasteiger partial charge in [0.2, 0.25) is 0 Å². The van der Waals surface area contributed by atoms with E-state index < -0.39 is 0 Å². The van der Waals surface area contributed by atoms with Crippen molar-refractivity contribution in [3.63, 3.8) is 0 Å². The summed E-state index contributed by atoms with van der Waals surface area (Å²) in [6.45, 7) is 1.01. The molecule has 0 saturated carbocycles. The Bertz CT molecular complexity index is 656. The Labute approximate surface area is 137 Å². The highest BCUT2D eigenvalue weighted by Gasteiger charge is 2.17. The molecule has 20 heavy (non-hydrogen) atoms. The largest absolute Gasteiger partial charge is 0.385 e. The molecule has 3 rings (SSSR count). The van der Waals surface area contributed by atoms with Crippen molar-refractivity contribution in [3.8, 4) is 11.1 Å². The van der Waals surface area contributed by atoms with Crippen molar-refractivity contribution in [2.24, 2.45) is 0 Å². The van der Waals surface area contributed by atoms with E-state index in [1.807, 2.05) is 12.1 Å². The minimum absolute atomic E-state index is 0.409. The zero-order chi connectivity index (χ0) is 14.3. The van der Waals surface area contributed by atoms with Crippen LogP contribution in [0, 0.1) is 0 Å². The third kappa shape index (κ3) is 2.48. The van der Waals surface area contributed by atoms with Crippen LogP contribution in [0.3, 0.4) is 0 Å². The lowest BCUT2D eigenvalue weighted by molar-refractivity contribution is 0.830. The number of hydrogen-bond donors (Lipinski definition) is 1. The molecule has 1 aliphatic heterocycles. The summed E-state index contributed by atoms with van der Waals surface area (Å²) in [4.78, 5) is 0. The molecule has 0 radical (unpaired) electrons. The van der Waals surface area contributed by atoms with E-state index in [-0.39, 0.29) is 0 Å². The highest BCUT2D eigenvalue weighted by molar-refractivity contribution is 6.50. The van der Waals surface area contributed by atoms with Gasteiger partial charge in [0.25, 0.3) is 0 Å². The van der Waals surface area contributed by atoms with E-state index in [1.54, 1.807) is 6.07 Å². The summed E-state index contributed by atoms with van der Waals surface area (Å²) in [5.74, 6) is 0. The number of halogens is 4. The standard InChI is InChI=1S/C15H11Cl4N/c16-10-7-11(17)15(19)13(14(10)18)9-3-4-12-8(6-9)2-1-5-20-12/h3-4,6-7,20H,1-2,5H2. The molecule has 0 atom stereocenters. The smallest absolute Gasteiger partial charge is 0.0686 e. The van der Waals surface area contributed by atoms with E-state index in [4.69, 9.17) is 46.4 Å². The molecule has 0 spiro atoms. The van der Waals surface area contributed by atoms with Gasteiger partial charge in [0.05, 0.1) is 20.1 Å². The van der Waals surface area contributed by atoms with Crippen LogP contribution in [0.4, 0.5) is 5.69 Å². The van der Waals surface area contributed by atoms with Crippen LogP contribution < -0.4 is 5.32 Å². The van der Waals surface area contributed by atoms with E-state index in [0.29, 0.717) is 25.7 Å². The van der Waals surface area contributed by atoms with Gasteiger partial charge in [-0.1, -0.05) is 52.5 Å². The SMILES string of the molecule is Clc1cc(Cl)c(Cl)c(-c2ccc3c(c2)CCCN3)c1Cl. The summed E-state index contributed by atoms with van der Waals surface area (Å²) in [7, 11) is 0. The van der Waals surface area contributed by atoms with Crippen molar-refractivity contribution in [1.29, 1.82) is 0 Å². The van der Waals surface area contributed by atoms with Crippen LogP contribution in [0.15, 0.2) is 24.3 Å². The van der Waals surface area contributed by atoms with Crippen LogP contribution in [-0.4, -0.2) is 6.54 Å². The number of fused-ring (bicyclic) bond motifs is 1. The van der Waals surface area contributed by atoms with Crippen LogP contribution in [0.5, 0.6) is 0 Å². The van der Waals surface area contributed by atoms with E-state index in [2.05, 4.69) is 11.4 Å². The van der Waals surface area contributed by atoms with Crippen molar-refractivity contribution >= 4 is 52.1 Å². The average Bonchev–Trinajstić information content (AvgIpc) is 2.45. The maximum atomic E-state index is 6.30. The number of anilines is 1. The van der Waals surface area contributed by atoms with Crippen molar-refractivity contribution in [2.75, 3.05) is 11.9 Å². The minimum atomic E-state index is 0.409. The van der Waals surface area contributed by atoms with E-state index in [0.717, 1.165) is 24.9 Å². The second-order valence-corrected chi connectivity index (χ2v) is 6.32. The number of nitrogens with one attached hydrogen (secondary N) is 1. The van der Waals surface area contributed by atoms with Gasteiger partial charge >= 0.3 is 0 Å². The van der Waals surface area contributed by atoms with E-state index in [9.17, 15) is 0 Å². The van der Waals surface area contributed by atoms with Crippen molar-refractivity contribution in [1.82, 2.24) is 0 Å². The summed E-state index contributed by atoms with van der Waals surface area (Å²) < 4.78 is 0. The lowest BCUT2D eigenvalue weighted by atomic mass is 9.97. The molecule has 1 N–H and O–H groups in total. The summed E-state index contributed by atoms with van der Waals surface area (Å²) in [5, 5.41) is 5.06. The van der Waals surface area contributed by atoms with Gasteiger partial charge in [-0.25, -0.2) is 0 Å². The van der Waals surface area contributed by atoms with Crippen LogP contribution in [0.25, 0.3) is 11.1 Å². The predicted octanol–water partition coefficient (Wildman–Crippen LogP) is 6.33. The van der Waals surface area contributed by atoms with Crippen molar-refractivity contribution in [3.05, 3.63) is 49.9 Å². The van der Waals surface area contributed by atoms with Gasteiger partial charge in [-0.2, -0.15) is 0 Å². The molecule has 0 aliphatic carbocycles. The van der Waals surface area contributed by atoms with Crippen LogP contribution in [0.1, 0.15) is 12.0 Å². The highest BCUT2D eigenvalue weighted by atomic mass is 35.5. The van der Waals surface area contributed by atoms with E-state index >= 15 is 0 Å². The normalized spacial score (nSPS) is 13.8. The molecule has 1 aliphatic rings. The third-order valence-electron chi connectivity index (χ3n) is 3.44. The molecular formula is C15H11Cl4N. The lowest BCUT2D eigenvalue weighted by Gasteiger charge is -2.19. The molecule has 2 aromatic carbocycles. The zero-order valence-electron chi connectivity index (χ0n) is 10.4. The number of benzene rings is 2. The second-order valence-electron chi connectivity index (χ2n) is 4.75. The molecule has 0 aromatic heterocycles. The molecular weight excluding hydrogens is 336 g/mol. The van der Waals surface area contributed by atoms with Crippen LogP contribution >= 0.6 is 46.4 Å². The second kappa shape index (κ2) is 5.65. The average molecular weight is 347 g/mol. The Hall–Kier alpha value is -0.600. The van der Waals surface area contributed by atoms with Gasteiger partial charge < -0.3 is 5.32 Å². The first-order valence-electron chi connectivity index (χ1n) is 6.28. The Morgan fingerprint density at radius 1 is 0.900 bits per heavy atom. The fraction of sp³-hybridized carbons (Fsp3) is 0.200. The maximum absolute atomic E-state index is 6.30. The molecule has 0 saturated heterocycles. The Morgan fingerprint density at radius 3 is 2.30 bits per heavy atom. The Balaban J connectivity index is 2.19. The van der Waals surface area contributed by atoms with Gasteiger partial charge in [-0.05, 0) is 42.2 Å². The van der Waals surface area contributed by atoms with Gasteiger partial charge in [0, 0.05) is 17.8 Å². The lowest BCUT2D eigenvalue weighted by Crippen LogP contribution is -2.11. The first-order chi connectivity index (χ1) is 9.58. The molecule has 2 aromatic rings. The van der Waals surface area contributed by atoms with Gasteiger partial charge in [-0.15, -0.1) is 0 Å². The van der Waals surface area contributed by atoms with Gasteiger partial charge in [-0.3, -0.25) is 0 Å². The highest BCUT2D eigenvalue weighted by Crippen LogP contribution is 2.44. The summed E-state index contributed by atoms with van der Waals surface area (Å²) >= 11 is 24.8.